The predicted octanol–water partition coefficient (Wildman–Crippen LogP) is -0.202. The van der Waals surface area contributed by atoms with Crippen molar-refractivity contribution in [1.82, 2.24) is 9.80 Å². The highest BCUT2D eigenvalue weighted by Gasteiger charge is 2.36. The number of hydrogen-bond acceptors (Lipinski definition) is 4. The van der Waals surface area contributed by atoms with Crippen molar-refractivity contribution in [1.29, 1.82) is 0 Å². The molecule has 1 atom stereocenters. The Morgan fingerprint density at radius 2 is 2.16 bits per heavy atom. The minimum Gasteiger partial charge on any atom is -0.481 e. The van der Waals surface area contributed by atoms with Crippen LogP contribution in [0, 0.1) is 0 Å². The summed E-state index contributed by atoms with van der Waals surface area (Å²) >= 11 is 0. The molecule has 19 heavy (non-hydrogen) atoms. The third-order valence-electron chi connectivity index (χ3n) is 2.92. The van der Waals surface area contributed by atoms with Crippen molar-refractivity contribution < 1.29 is 23.1 Å². The molecule has 1 aliphatic heterocycles. The number of aliphatic carboxylic acids is 1. The number of nitrogens with zero attached hydrogens (tertiary/aromatic N) is 2. The predicted molar refractivity (Wildman–Crippen MR) is 69.6 cm³/mol. The molecule has 0 aromatic heterocycles. The first-order valence-corrected chi connectivity index (χ1v) is 7.64. The molecular weight excluding hydrogens is 272 g/mol. The largest absolute Gasteiger partial charge is 0.481 e. The second kappa shape index (κ2) is 6.05. The lowest BCUT2D eigenvalue weighted by Crippen LogP contribution is -2.55. The molecule has 8 heteroatoms. The van der Waals surface area contributed by atoms with Crippen LogP contribution in [0.15, 0.2) is 12.7 Å². The minimum atomic E-state index is -3.28. The number of carbonyl (C=O) groups is 2. The quantitative estimate of drug-likeness (QED) is 0.723. The molecule has 0 aromatic carbocycles. The van der Waals surface area contributed by atoms with Gasteiger partial charge in [-0.25, -0.2) is 13.2 Å². The maximum Gasteiger partial charge on any atom is 0.320 e. The Hall–Kier alpha value is -1.57. The molecule has 1 aliphatic rings. The van der Waals surface area contributed by atoms with Gasteiger partial charge in [-0.15, -0.1) is 6.58 Å². The van der Waals surface area contributed by atoms with Crippen molar-refractivity contribution in [3.8, 4) is 0 Å². The fourth-order valence-corrected chi connectivity index (χ4v) is 3.53. The van der Waals surface area contributed by atoms with Crippen molar-refractivity contribution in [3.05, 3.63) is 12.7 Å². The van der Waals surface area contributed by atoms with E-state index in [0.717, 1.165) is 0 Å². The average Bonchev–Trinajstić information content (AvgIpc) is 2.26. The van der Waals surface area contributed by atoms with Crippen molar-refractivity contribution in [3.63, 3.8) is 0 Å². The van der Waals surface area contributed by atoms with Crippen molar-refractivity contribution in [2.45, 2.75) is 12.5 Å². The van der Waals surface area contributed by atoms with E-state index in [2.05, 4.69) is 6.58 Å². The standard InChI is InChI=1S/C11H18N2O5S/c1-3-4-12(2)11(16)13-5-6-19(17,18)8-9(13)7-10(14)15/h3,9H,1,4-8H2,2H3,(H,14,15). The van der Waals surface area contributed by atoms with Gasteiger partial charge in [0.15, 0.2) is 9.84 Å². The Kier molecular flexibility index (Phi) is 4.93. The Morgan fingerprint density at radius 3 is 2.68 bits per heavy atom. The first kappa shape index (κ1) is 15.5. The Morgan fingerprint density at radius 1 is 1.53 bits per heavy atom. The highest BCUT2D eigenvalue weighted by atomic mass is 32.2. The van der Waals surface area contributed by atoms with Gasteiger partial charge in [-0.1, -0.05) is 6.08 Å². The number of hydrogen-bond donors (Lipinski definition) is 1. The lowest BCUT2D eigenvalue weighted by Gasteiger charge is -2.36. The first-order chi connectivity index (χ1) is 8.76. The molecule has 1 rings (SSSR count). The molecule has 0 spiro atoms. The summed E-state index contributed by atoms with van der Waals surface area (Å²) in [5.41, 5.74) is 0. The van der Waals surface area contributed by atoms with Crippen LogP contribution in [0.5, 0.6) is 0 Å². The fourth-order valence-electron chi connectivity index (χ4n) is 2.00. The van der Waals surface area contributed by atoms with Crippen LogP contribution in [0.25, 0.3) is 0 Å². The normalized spacial score (nSPS) is 21.7. The second-order valence-electron chi connectivity index (χ2n) is 4.51. The zero-order valence-electron chi connectivity index (χ0n) is 10.8. The van der Waals surface area contributed by atoms with E-state index in [9.17, 15) is 18.0 Å². The van der Waals surface area contributed by atoms with Crippen LogP contribution in [0.3, 0.4) is 0 Å². The number of rotatable bonds is 4. The molecule has 1 unspecified atom stereocenters. The van der Waals surface area contributed by atoms with Crippen molar-refractivity contribution in [2.24, 2.45) is 0 Å². The van der Waals surface area contributed by atoms with E-state index in [1.165, 1.54) is 9.80 Å². The molecule has 1 N–H and O–H groups in total. The Labute approximate surface area is 112 Å². The molecule has 1 heterocycles. The smallest absolute Gasteiger partial charge is 0.320 e. The molecule has 0 bridgehead atoms. The van der Waals surface area contributed by atoms with E-state index < -0.39 is 21.8 Å². The maximum absolute atomic E-state index is 12.1. The molecule has 0 aliphatic carbocycles. The summed E-state index contributed by atoms with van der Waals surface area (Å²) in [6.07, 6.45) is 1.18. The van der Waals surface area contributed by atoms with Crippen LogP contribution >= 0.6 is 0 Å². The van der Waals surface area contributed by atoms with Crippen molar-refractivity contribution in [2.75, 3.05) is 31.6 Å². The number of carboxylic acid groups (broad SMARTS) is 1. The molecule has 108 valence electrons. The van der Waals surface area contributed by atoms with Gasteiger partial charge in [0.05, 0.1) is 24.0 Å². The first-order valence-electron chi connectivity index (χ1n) is 5.81. The molecule has 7 nitrogen and oxygen atoms in total. The van der Waals surface area contributed by atoms with E-state index in [4.69, 9.17) is 5.11 Å². The van der Waals surface area contributed by atoms with Crippen LogP contribution in [0.4, 0.5) is 4.79 Å². The van der Waals surface area contributed by atoms with Gasteiger partial charge >= 0.3 is 12.0 Å². The van der Waals surface area contributed by atoms with Gasteiger partial charge in [0, 0.05) is 20.1 Å². The molecule has 0 aromatic rings. The summed E-state index contributed by atoms with van der Waals surface area (Å²) < 4.78 is 23.1. The Bertz CT molecular complexity index is 473. The minimum absolute atomic E-state index is 0.0284. The monoisotopic (exact) mass is 290 g/mol. The summed E-state index contributed by atoms with van der Waals surface area (Å²) in [5, 5.41) is 8.81. The SMILES string of the molecule is C=CCN(C)C(=O)N1CCS(=O)(=O)CC1CC(=O)O. The summed E-state index contributed by atoms with van der Waals surface area (Å²) in [4.78, 5) is 25.6. The number of carbonyl (C=O) groups excluding carboxylic acids is 1. The van der Waals surface area contributed by atoms with Gasteiger partial charge in [0.25, 0.3) is 0 Å². The maximum atomic E-state index is 12.1. The third kappa shape index (κ3) is 4.23. The van der Waals surface area contributed by atoms with Crippen LogP contribution in [-0.2, 0) is 14.6 Å². The lowest BCUT2D eigenvalue weighted by molar-refractivity contribution is -0.138. The van der Waals surface area contributed by atoms with Gasteiger partial charge in [0.1, 0.15) is 0 Å². The fraction of sp³-hybridized carbons (Fsp3) is 0.636. The molecule has 0 radical (unpaired) electrons. The van der Waals surface area contributed by atoms with Crippen LogP contribution in [0.2, 0.25) is 0 Å². The number of urea groups is 1. The summed E-state index contributed by atoms with van der Waals surface area (Å²) in [5.74, 6) is -1.55. The van der Waals surface area contributed by atoms with E-state index in [1.807, 2.05) is 0 Å². The number of amides is 2. The highest BCUT2D eigenvalue weighted by Crippen LogP contribution is 2.16. The topological polar surface area (TPSA) is 95.0 Å². The van der Waals surface area contributed by atoms with Crippen LogP contribution < -0.4 is 0 Å². The lowest BCUT2D eigenvalue weighted by atomic mass is 10.2. The van der Waals surface area contributed by atoms with Gasteiger partial charge in [-0.3, -0.25) is 4.79 Å². The zero-order chi connectivity index (χ0) is 14.6. The van der Waals surface area contributed by atoms with Gasteiger partial charge in [-0.05, 0) is 0 Å². The molecule has 1 saturated heterocycles. The van der Waals surface area contributed by atoms with E-state index >= 15 is 0 Å². The number of likely N-dealkylation sites (N-methyl/N-ethyl adjacent to an activating group) is 1. The average molecular weight is 290 g/mol. The van der Waals surface area contributed by atoms with Gasteiger partial charge in [0.2, 0.25) is 0 Å². The van der Waals surface area contributed by atoms with E-state index in [0.29, 0.717) is 6.54 Å². The molecular formula is C11H18N2O5S. The third-order valence-corrected chi connectivity index (χ3v) is 4.61. The zero-order valence-corrected chi connectivity index (χ0v) is 11.6. The second-order valence-corrected chi connectivity index (χ2v) is 6.74. The highest BCUT2D eigenvalue weighted by molar-refractivity contribution is 7.91. The van der Waals surface area contributed by atoms with Crippen molar-refractivity contribution >= 4 is 21.8 Å². The molecule has 2 amide bonds. The molecule has 1 fully saturated rings. The summed E-state index contributed by atoms with van der Waals surface area (Å²) in [7, 11) is -1.72. The van der Waals surface area contributed by atoms with Crippen LogP contribution in [0.1, 0.15) is 6.42 Å². The number of sulfone groups is 1. The molecule has 0 saturated carbocycles. The van der Waals surface area contributed by atoms with E-state index in [-0.39, 0.29) is 30.5 Å². The van der Waals surface area contributed by atoms with Gasteiger partial charge < -0.3 is 14.9 Å². The number of carboxylic acids is 1. The summed E-state index contributed by atoms with van der Waals surface area (Å²) in [6, 6.07) is -1.18. The van der Waals surface area contributed by atoms with Gasteiger partial charge in [-0.2, -0.15) is 0 Å². The Balaban J connectivity index is 2.87. The summed E-state index contributed by atoms with van der Waals surface area (Å²) in [6.45, 7) is 3.87. The van der Waals surface area contributed by atoms with Crippen LogP contribution in [-0.4, -0.2) is 73.0 Å². The van der Waals surface area contributed by atoms with E-state index in [1.54, 1.807) is 13.1 Å².